The summed E-state index contributed by atoms with van der Waals surface area (Å²) in [5.74, 6) is 2.57. The normalized spacial score (nSPS) is 13.7. The fourth-order valence-corrected chi connectivity index (χ4v) is 3.34. The number of aromatic nitrogens is 4. The number of nitrogens with one attached hydrogen (secondary N) is 3. The topological polar surface area (TPSA) is 78.5 Å². The number of anilines is 4. The molecule has 2 heterocycles. The monoisotopic (exact) mass is 526 g/mol. The van der Waals surface area contributed by atoms with Crippen molar-refractivity contribution in [3.05, 3.63) is 49.6 Å². The molecule has 1 fully saturated rings. The number of nitrogens with zero attached hydrogens (tertiary/aromatic N) is 3. The average molecular weight is 529 g/mol. The Morgan fingerprint density at radius 2 is 1.88 bits per heavy atom. The van der Waals surface area contributed by atoms with Crippen LogP contribution in [0.4, 0.5) is 23.3 Å². The second-order valence-corrected chi connectivity index (χ2v) is 8.37. The van der Waals surface area contributed by atoms with E-state index in [1.807, 2.05) is 24.3 Å². The van der Waals surface area contributed by atoms with E-state index in [1.165, 1.54) is 12.8 Å². The van der Waals surface area contributed by atoms with E-state index < -0.39 is 0 Å². The molecule has 4 rings (SSSR count). The first-order chi connectivity index (χ1) is 12.1. The fraction of sp³-hybridized carbons (Fsp3) is 0.188. The van der Waals surface area contributed by atoms with Crippen molar-refractivity contribution >= 4 is 71.1 Å². The molecule has 0 bridgehead atoms. The van der Waals surface area contributed by atoms with E-state index in [9.17, 15) is 0 Å². The zero-order chi connectivity index (χ0) is 17.4. The highest BCUT2D eigenvalue weighted by Crippen LogP contribution is 2.40. The van der Waals surface area contributed by atoms with E-state index >= 15 is 0 Å². The van der Waals surface area contributed by atoms with Crippen molar-refractivity contribution in [1.82, 2.24) is 20.2 Å². The van der Waals surface area contributed by atoms with Gasteiger partial charge < -0.3 is 10.6 Å². The molecule has 128 valence electrons. The molecule has 1 saturated carbocycles. The first kappa shape index (κ1) is 17.0. The predicted molar refractivity (Wildman–Crippen MR) is 109 cm³/mol. The van der Waals surface area contributed by atoms with Gasteiger partial charge in [0.1, 0.15) is 5.82 Å². The third kappa shape index (κ3) is 4.04. The predicted octanol–water partition coefficient (Wildman–Crippen LogP) is 5.85. The minimum Gasteiger partial charge on any atom is -0.324 e. The molecule has 0 atom stereocenters. The van der Waals surface area contributed by atoms with Gasteiger partial charge in [-0.2, -0.15) is 10.1 Å². The van der Waals surface area contributed by atoms with Crippen LogP contribution in [-0.4, -0.2) is 20.2 Å². The molecule has 9 heteroatoms. The van der Waals surface area contributed by atoms with Crippen LogP contribution < -0.4 is 10.6 Å². The number of benzene rings is 1. The Hall–Kier alpha value is -1.45. The maximum atomic E-state index is 4.54. The quantitative estimate of drug-likeness (QED) is 0.387. The Morgan fingerprint density at radius 3 is 2.68 bits per heavy atom. The van der Waals surface area contributed by atoms with Gasteiger partial charge in [0, 0.05) is 27.1 Å². The third-order valence-corrected chi connectivity index (χ3v) is 5.53. The van der Waals surface area contributed by atoms with Crippen LogP contribution in [0.3, 0.4) is 0 Å². The largest absolute Gasteiger partial charge is 0.324 e. The molecule has 6 nitrogen and oxygen atoms in total. The third-order valence-electron chi connectivity index (χ3n) is 3.77. The molecule has 25 heavy (non-hydrogen) atoms. The van der Waals surface area contributed by atoms with Gasteiger partial charge in [0.2, 0.25) is 5.95 Å². The highest BCUT2D eigenvalue weighted by molar-refractivity contribution is 9.11. The lowest BCUT2D eigenvalue weighted by Gasteiger charge is -2.10. The molecule has 0 unspecified atom stereocenters. The minimum absolute atomic E-state index is 0.492. The Bertz CT molecular complexity index is 922. The van der Waals surface area contributed by atoms with Crippen LogP contribution in [0, 0.1) is 0 Å². The zero-order valence-corrected chi connectivity index (χ0v) is 17.6. The van der Waals surface area contributed by atoms with Crippen molar-refractivity contribution in [2.75, 3.05) is 10.6 Å². The van der Waals surface area contributed by atoms with E-state index in [1.54, 1.807) is 6.20 Å². The van der Waals surface area contributed by atoms with Crippen molar-refractivity contribution in [3.63, 3.8) is 0 Å². The number of rotatable bonds is 5. The van der Waals surface area contributed by atoms with E-state index in [-0.39, 0.29) is 0 Å². The first-order valence-electron chi connectivity index (χ1n) is 7.65. The minimum atomic E-state index is 0.492. The molecule has 3 N–H and O–H groups in total. The summed E-state index contributed by atoms with van der Waals surface area (Å²) in [6.45, 7) is 0. The van der Waals surface area contributed by atoms with Crippen LogP contribution in [0.15, 0.2) is 43.9 Å². The van der Waals surface area contributed by atoms with Gasteiger partial charge >= 0.3 is 0 Å². The number of H-pyrrole nitrogens is 1. The van der Waals surface area contributed by atoms with Crippen molar-refractivity contribution in [2.24, 2.45) is 0 Å². The molecule has 0 amide bonds. The summed E-state index contributed by atoms with van der Waals surface area (Å²) in [4.78, 5) is 8.86. The molecule has 1 aliphatic rings. The molecule has 3 aromatic rings. The number of hydrogen-bond donors (Lipinski definition) is 3. The molecular weight excluding hydrogens is 516 g/mol. The van der Waals surface area contributed by atoms with Gasteiger partial charge in [-0.05, 0) is 62.9 Å². The molecular formula is C16H13Br3N6. The standard InChI is InChI=1S/C16H13Br3N6/c17-9-3-4-10(18)13(5-9)21-16-20-7-11(19)15(23-16)22-14-6-12(24-25-14)8-1-2-8/h3-8H,1-2H2,(H3,20,21,22,23,24,25). The van der Waals surface area contributed by atoms with Gasteiger partial charge in [0.15, 0.2) is 5.82 Å². The Morgan fingerprint density at radius 1 is 1.04 bits per heavy atom. The van der Waals surface area contributed by atoms with E-state index in [4.69, 9.17) is 0 Å². The summed E-state index contributed by atoms with van der Waals surface area (Å²) < 4.78 is 2.67. The maximum absolute atomic E-state index is 4.54. The van der Waals surface area contributed by atoms with E-state index in [0.717, 1.165) is 30.6 Å². The van der Waals surface area contributed by atoms with Gasteiger partial charge in [-0.1, -0.05) is 15.9 Å². The zero-order valence-electron chi connectivity index (χ0n) is 12.9. The molecule has 0 aliphatic heterocycles. The fourth-order valence-electron chi connectivity index (χ4n) is 2.35. The lowest BCUT2D eigenvalue weighted by atomic mass is 10.3. The van der Waals surface area contributed by atoms with E-state index in [2.05, 4.69) is 78.6 Å². The summed E-state index contributed by atoms with van der Waals surface area (Å²) in [5, 5.41) is 13.8. The lowest BCUT2D eigenvalue weighted by Crippen LogP contribution is -2.02. The van der Waals surface area contributed by atoms with E-state index in [0.29, 0.717) is 17.7 Å². The summed E-state index contributed by atoms with van der Waals surface area (Å²) in [7, 11) is 0. The molecule has 0 spiro atoms. The SMILES string of the molecule is Brc1ccc(Br)c(Nc2ncc(Br)c(Nc3cc(C4CC4)n[nH]3)n2)c1. The van der Waals surface area contributed by atoms with Crippen molar-refractivity contribution in [3.8, 4) is 0 Å². The lowest BCUT2D eigenvalue weighted by molar-refractivity contribution is 0.966. The number of aromatic amines is 1. The van der Waals surface area contributed by atoms with Crippen LogP contribution in [0.2, 0.25) is 0 Å². The maximum Gasteiger partial charge on any atom is 0.229 e. The second-order valence-electron chi connectivity index (χ2n) is 5.75. The first-order valence-corrected chi connectivity index (χ1v) is 10.0. The Labute approximate surface area is 169 Å². The highest BCUT2D eigenvalue weighted by Gasteiger charge is 2.26. The smallest absolute Gasteiger partial charge is 0.229 e. The number of hydrogen-bond acceptors (Lipinski definition) is 5. The molecule has 0 radical (unpaired) electrons. The average Bonchev–Trinajstić information content (AvgIpc) is 3.34. The van der Waals surface area contributed by atoms with Crippen LogP contribution in [0.25, 0.3) is 0 Å². The van der Waals surface area contributed by atoms with Gasteiger partial charge in [-0.25, -0.2) is 4.98 Å². The van der Waals surface area contributed by atoms with Crippen LogP contribution >= 0.6 is 47.8 Å². The van der Waals surface area contributed by atoms with Gasteiger partial charge in [0.05, 0.1) is 15.9 Å². The summed E-state index contributed by atoms with van der Waals surface area (Å²) in [6, 6.07) is 7.90. The summed E-state index contributed by atoms with van der Waals surface area (Å²) in [6.07, 6.45) is 4.15. The van der Waals surface area contributed by atoms with Gasteiger partial charge in [-0.15, -0.1) is 0 Å². The van der Waals surface area contributed by atoms with Crippen LogP contribution in [0.1, 0.15) is 24.5 Å². The Balaban J connectivity index is 1.56. The van der Waals surface area contributed by atoms with Crippen molar-refractivity contribution in [2.45, 2.75) is 18.8 Å². The van der Waals surface area contributed by atoms with Crippen LogP contribution in [-0.2, 0) is 0 Å². The van der Waals surface area contributed by atoms with Crippen LogP contribution in [0.5, 0.6) is 0 Å². The highest BCUT2D eigenvalue weighted by atomic mass is 79.9. The number of halogens is 3. The molecule has 0 saturated heterocycles. The molecule has 1 aliphatic carbocycles. The van der Waals surface area contributed by atoms with Crippen molar-refractivity contribution in [1.29, 1.82) is 0 Å². The second kappa shape index (κ2) is 7.05. The molecule has 2 aromatic heterocycles. The Kier molecular flexibility index (Phi) is 4.79. The molecule has 1 aromatic carbocycles. The van der Waals surface area contributed by atoms with Crippen molar-refractivity contribution < 1.29 is 0 Å². The van der Waals surface area contributed by atoms with Gasteiger partial charge in [0.25, 0.3) is 0 Å². The summed E-state index contributed by atoms with van der Waals surface area (Å²) >= 11 is 10.5. The van der Waals surface area contributed by atoms with Gasteiger partial charge in [-0.3, -0.25) is 5.10 Å². The summed E-state index contributed by atoms with van der Waals surface area (Å²) in [5.41, 5.74) is 1.98.